The normalized spacial score (nSPS) is 45.6. The molecule has 0 aromatic carbocycles. The zero-order valence-corrected chi connectivity index (χ0v) is 19.2. The Balaban J connectivity index is 1.55. The second kappa shape index (κ2) is 8.15. The van der Waals surface area contributed by atoms with Crippen molar-refractivity contribution in [2.24, 2.45) is 46.3 Å². The fourth-order valence-electron chi connectivity index (χ4n) is 8.34. The maximum atomic E-state index is 10.6. The van der Waals surface area contributed by atoms with Crippen molar-refractivity contribution in [2.45, 2.75) is 91.6 Å². The summed E-state index contributed by atoms with van der Waals surface area (Å²) >= 11 is 0. The van der Waals surface area contributed by atoms with Crippen LogP contribution in [-0.4, -0.2) is 22.9 Å². The van der Waals surface area contributed by atoms with E-state index < -0.39 is 0 Å². The Morgan fingerprint density at radius 2 is 1.90 bits per heavy atom. The minimum Gasteiger partial charge on any atom is -0.395 e. The van der Waals surface area contributed by atoms with Crippen LogP contribution < -0.4 is 0 Å². The van der Waals surface area contributed by atoms with E-state index in [4.69, 9.17) is 0 Å². The first kappa shape index (κ1) is 21.6. The summed E-state index contributed by atoms with van der Waals surface area (Å²) in [6.45, 7) is 9.95. The second-order valence-corrected chi connectivity index (χ2v) is 11.7. The van der Waals surface area contributed by atoms with Gasteiger partial charge in [0.2, 0.25) is 0 Å². The number of hydrogen-bond donors (Lipinski definition) is 2. The average Bonchev–Trinajstić information content (AvgIpc) is 3.04. The molecule has 0 saturated heterocycles. The molecule has 0 spiro atoms. The lowest BCUT2D eigenvalue weighted by atomic mass is 9.46. The molecule has 4 aliphatic carbocycles. The zero-order valence-electron chi connectivity index (χ0n) is 19.2. The van der Waals surface area contributed by atoms with Crippen LogP contribution in [0.1, 0.15) is 85.5 Å². The maximum absolute atomic E-state index is 10.6. The van der Waals surface area contributed by atoms with Crippen molar-refractivity contribution in [3.05, 3.63) is 23.8 Å². The molecular formula is C27H44O2. The third kappa shape index (κ3) is 3.57. The van der Waals surface area contributed by atoms with E-state index in [0.29, 0.717) is 17.3 Å². The van der Waals surface area contributed by atoms with Gasteiger partial charge >= 0.3 is 0 Å². The van der Waals surface area contributed by atoms with Crippen LogP contribution in [0.15, 0.2) is 23.8 Å². The quantitative estimate of drug-likeness (QED) is 0.544. The van der Waals surface area contributed by atoms with Gasteiger partial charge in [0.25, 0.3) is 0 Å². The summed E-state index contributed by atoms with van der Waals surface area (Å²) in [4.78, 5) is 0. The van der Waals surface area contributed by atoms with E-state index >= 15 is 0 Å². The van der Waals surface area contributed by atoms with Crippen molar-refractivity contribution in [3.8, 4) is 0 Å². The van der Waals surface area contributed by atoms with Crippen LogP contribution in [0.5, 0.6) is 0 Å². The number of hydrogen-bond acceptors (Lipinski definition) is 2. The minimum atomic E-state index is -0.194. The average molecular weight is 401 g/mol. The highest BCUT2D eigenvalue weighted by molar-refractivity contribution is 5.26. The van der Waals surface area contributed by atoms with Gasteiger partial charge in [0.05, 0.1) is 12.7 Å². The van der Waals surface area contributed by atoms with E-state index in [0.717, 1.165) is 42.9 Å². The molecule has 29 heavy (non-hydrogen) atoms. The first-order valence-electron chi connectivity index (χ1n) is 12.5. The summed E-state index contributed by atoms with van der Waals surface area (Å²) in [6, 6.07) is 0. The molecule has 0 radical (unpaired) electrons. The summed E-state index contributed by atoms with van der Waals surface area (Å²) in [7, 11) is 0. The smallest absolute Gasteiger partial charge is 0.0577 e. The summed E-state index contributed by atoms with van der Waals surface area (Å²) in [5.74, 6) is 4.39. The van der Waals surface area contributed by atoms with Gasteiger partial charge in [-0.25, -0.2) is 0 Å². The van der Waals surface area contributed by atoms with E-state index in [1.54, 1.807) is 0 Å². The van der Waals surface area contributed by atoms with Crippen molar-refractivity contribution < 1.29 is 10.2 Å². The molecule has 3 saturated carbocycles. The van der Waals surface area contributed by atoms with Gasteiger partial charge in [0, 0.05) is 5.41 Å². The number of aliphatic hydroxyl groups excluding tert-OH is 2. The number of fused-ring (bicyclic) bond motifs is 5. The van der Waals surface area contributed by atoms with Gasteiger partial charge in [0.15, 0.2) is 0 Å². The topological polar surface area (TPSA) is 40.5 Å². The van der Waals surface area contributed by atoms with Gasteiger partial charge in [-0.1, -0.05) is 51.5 Å². The van der Waals surface area contributed by atoms with Crippen LogP contribution >= 0.6 is 0 Å². The Labute approximate surface area is 178 Å². The molecule has 8 atom stereocenters. The summed E-state index contributed by atoms with van der Waals surface area (Å²) in [5, 5.41) is 20.8. The van der Waals surface area contributed by atoms with Crippen LogP contribution in [0.25, 0.3) is 0 Å². The van der Waals surface area contributed by atoms with Crippen molar-refractivity contribution >= 4 is 0 Å². The van der Waals surface area contributed by atoms with Crippen molar-refractivity contribution in [1.29, 1.82) is 0 Å². The minimum absolute atomic E-state index is 0.0235. The van der Waals surface area contributed by atoms with Gasteiger partial charge in [0.1, 0.15) is 0 Å². The predicted molar refractivity (Wildman–Crippen MR) is 120 cm³/mol. The maximum Gasteiger partial charge on any atom is 0.0577 e. The van der Waals surface area contributed by atoms with E-state index in [9.17, 15) is 10.2 Å². The van der Waals surface area contributed by atoms with Gasteiger partial charge in [-0.3, -0.25) is 0 Å². The Morgan fingerprint density at radius 3 is 2.62 bits per heavy atom. The van der Waals surface area contributed by atoms with Crippen molar-refractivity contribution in [2.75, 3.05) is 6.61 Å². The van der Waals surface area contributed by atoms with Crippen LogP contribution in [0.2, 0.25) is 0 Å². The molecule has 4 aliphatic rings. The number of allylic oxidation sites excluding steroid dienone is 3. The third-order valence-corrected chi connectivity index (χ3v) is 9.84. The summed E-state index contributed by atoms with van der Waals surface area (Å²) < 4.78 is 0. The molecule has 3 fully saturated rings. The molecule has 0 amide bonds. The SMILES string of the molecule is CC(C)C/C=C/[C@@H](C)[C@H]1CC[C@H]2[C@@H]3CC=C4C[C@@H](O)CC[C@]4(CO)[C@H]3CC[C@]12C. The van der Waals surface area contributed by atoms with Gasteiger partial charge < -0.3 is 10.2 Å². The first-order chi connectivity index (χ1) is 13.8. The monoisotopic (exact) mass is 400 g/mol. The molecule has 0 heterocycles. The van der Waals surface area contributed by atoms with Crippen LogP contribution in [-0.2, 0) is 0 Å². The van der Waals surface area contributed by atoms with Gasteiger partial charge in [-0.05, 0) is 98.7 Å². The van der Waals surface area contributed by atoms with E-state index in [-0.39, 0.29) is 18.1 Å². The Hall–Kier alpha value is -0.600. The van der Waals surface area contributed by atoms with Crippen LogP contribution in [0, 0.1) is 46.3 Å². The standard InChI is InChI=1S/C27H44O2/c1-18(2)6-5-7-19(3)23-10-11-24-22-9-8-20-16-21(29)12-15-27(20,17-28)25(22)13-14-26(23,24)4/h5,7-8,18-19,21-25,28-29H,6,9-17H2,1-4H3/b7-5+/t19-,21+,22+,23-,24+,25+,26-,27-/m1/s1. The lowest BCUT2D eigenvalue weighted by molar-refractivity contribution is -0.0774. The molecule has 2 nitrogen and oxygen atoms in total. The van der Waals surface area contributed by atoms with E-state index in [1.807, 2.05) is 0 Å². The highest BCUT2D eigenvalue weighted by Crippen LogP contribution is 2.67. The third-order valence-electron chi connectivity index (χ3n) is 9.84. The molecule has 164 valence electrons. The Morgan fingerprint density at radius 1 is 1.10 bits per heavy atom. The van der Waals surface area contributed by atoms with E-state index in [2.05, 4.69) is 45.9 Å². The molecule has 0 aromatic rings. The molecule has 0 unspecified atom stereocenters. The van der Waals surface area contributed by atoms with Gasteiger partial charge in [-0.2, -0.15) is 0 Å². The number of aliphatic hydroxyl groups is 2. The van der Waals surface area contributed by atoms with Crippen molar-refractivity contribution in [1.82, 2.24) is 0 Å². The van der Waals surface area contributed by atoms with Gasteiger partial charge in [-0.15, -0.1) is 0 Å². The van der Waals surface area contributed by atoms with Crippen LogP contribution in [0.4, 0.5) is 0 Å². The Bertz CT molecular complexity index is 649. The summed E-state index contributed by atoms with van der Waals surface area (Å²) in [5.41, 5.74) is 1.83. The van der Waals surface area contributed by atoms with E-state index in [1.165, 1.54) is 44.1 Å². The fraction of sp³-hybridized carbons (Fsp3) is 0.852. The lowest BCUT2D eigenvalue weighted by Crippen LogP contribution is -2.53. The molecule has 4 rings (SSSR count). The van der Waals surface area contributed by atoms with Crippen LogP contribution in [0.3, 0.4) is 0 Å². The van der Waals surface area contributed by atoms with Crippen molar-refractivity contribution in [3.63, 3.8) is 0 Å². The highest BCUT2D eigenvalue weighted by Gasteiger charge is 2.60. The first-order valence-corrected chi connectivity index (χ1v) is 12.5. The Kier molecular flexibility index (Phi) is 6.08. The fourth-order valence-corrected chi connectivity index (χ4v) is 8.34. The zero-order chi connectivity index (χ0) is 20.8. The lowest BCUT2D eigenvalue weighted by Gasteiger charge is -2.58. The predicted octanol–water partition coefficient (Wildman–Crippen LogP) is 6.14. The summed E-state index contributed by atoms with van der Waals surface area (Å²) in [6.07, 6.45) is 17.6. The number of rotatable bonds is 5. The highest BCUT2D eigenvalue weighted by atomic mass is 16.3. The molecule has 2 N–H and O–H groups in total. The molecule has 0 aromatic heterocycles. The molecular weight excluding hydrogens is 356 g/mol. The molecule has 0 aliphatic heterocycles. The second-order valence-electron chi connectivity index (χ2n) is 11.7. The molecule has 0 bridgehead atoms. The molecule has 2 heteroatoms. The largest absolute Gasteiger partial charge is 0.395 e.